The molecule has 36 heavy (non-hydrogen) atoms. The van der Waals surface area contributed by atoms with Crippen molar-refractivity contribution in [3.05, 3.63) is 76.8 Å². The summed E-state index contributed by atoms with van der Waals surface area (Å²) in [6, 6.07) is 3.73. The van der Waals surface area contributed by atoms with E-state index in [1.165, 1.54) is 18.3 Å². The first-order valence-electron chi connectivity index (χ1n) is 11.7. The lowest BCUT2D eigenvalue weighted by atomic mass is 10.1. The molecule has 1 N–H and O–H groups in total. The normalized spacial score (nSPS) is 16.2. The van der Waals surface area contributed by atoms with Gasteiger partial charge in [-0.2, -0.15) is 5.10 Å². The van der Waals surface area contributed by atoms with Gasteiger partial charge in [0.25, 0.3) is 11.8 Å². The molecular weight excluding hydrogens is 468 g/mol. The number of carbonyl (C=O) groups is 2. The van der Waals surface area contributed by atoms with Gasteiger partial charge in [-0.05, 0) is 43.5 Å². The van der Waals surface area contributed by atoms with Crippen LogP contribution in [0.3, 0.4) is 0 Å². The Balaban J connectivity index is 1.26. The first kappa shape index (κ1) is 22.3. The third-order valence-electron chi connectivity index (χ3n) is 7.18. The van der Waals surface area contributed by atoms with E-state index in [9.17, 15) is 18.4 Å². The minimum atomic E-state index is -0.998. The van der Waals surface area contributed by atoms with Crippen LogP contribution >= 0.6 is 0 Å². The number of amides is 2. The zero-order valence-corrected chi connectivity index (χ0v) is 19.8. The van der Waals surface area contributed by atoms with Gasteiger partial charge in [0.1, 0.15) is 11.2 Å². The van der Waals surface area contributed by atoms with E-state index >= 15 is 0 Å². The fourth-order valence-corrected chi connectivity index (χ4v) is 4.86. The number of halogens is 2. The molecule has 1 aliphatic carbocycles. The molecule has 9 nitrogen and oxygen atoms in total. The van der Waals surface area contributed by atoms with Gasteiger partial charge in [-0.1, -0.05) is 0 Å². The molecule has 0 atom stereocenters. The first-order valence-corrected chi connectivity index (χ1v) is 11.7. The number of fused-ring (bicyclic) bond motifs is 2. The van der Waals surface area contributed by atoms with E-state index in [1.807, 2.05) is 6.92 Å². The Morgan fingerprint density at radius 1 is 1.11 bits per heavy atom. The number of nitrogens with one attached hydrogen (secondary N) is 1. The van der Waals surface area contributed by atoms with Crippen LogP contribution in [0.4, 0.5) is 8.78 Å². The van der Waals surface area contributed by atoms with Crippen molar-refractivity contribution < 1.29 is 18.4 Å². The fourth-order valence-electron chi connectivity index (χ4n) is 4.86. The second-order valence-electron chi connectivity index (χ2n) is 9.44. The Labute approximate surface area is 204 Å². The zero-order chi connectivity index (χ0) is 25.2. The van der Waals surface area contributed by atoms with Crippen LogP contribution in [-0.2, 0) is 18.6 Å². The summed E-state index contributed by atoms with van der Waals surface area (Å²) in [4.78, 5) is 41.8. The van der Waals surface area contributed by atoms with Crippen LogP contribution < -0.4 is 0 Å². The topological polar surface area (TPSA) is 100 Å². The summed E-state index contributed by atoms with van der Waals surface area (Å²) in [5, 5.41) is 4.39. The van der Waals surface area contributed by atoms with Crippen molar-refractivity contribution in [1.82, 2.24) is 34.5 Å². The van der Waals surface area contributed by atoms with E-state index in [0.29, 0.717) is 35.7 Å². The maximum absolute atomic E-state index is 14.2. The lowest BCUT2D eigenvalue weighted by Gasteiger charge is -2.30. The van der Waals surface area contributed by atoms with Gasteiger partial charge in [0.15, 0.2) is 17.5 Å². The summed E-state index contributed by atoms with van der Waals surface area (Å²) in [7, 11) is 1.74. The third kappa shape index (κ3) is 3.37. The average molecular weight is 492 g/mol. The van der Waals surface area contributed by atoms with Crippen molar-refractivity contribution in [2.24, 2.45) is 0 Å². The minimum Gasteiger partial charge on any atom is -0.350 e. The molecule has 0 unspecified atom stereocenters. The SMILES string of the molecule is Cc1cnc(C2(N(C)C(=O)c3cnn4c3CN(C(=O)c3cc5c(F)c(F)ccc5[nH]3)CC4)CC2)nc1. The Morgan fingerprint density at radius 3 is 2.58 bits per heavy atom. The quantitative estimate of drug-likeness (QED) is 0.473. The summed E-state index contributed by atoms with van der Waals surface area (Å²) in [5.41, 5.74) is 1.93. The number of H-pyrrole nitrogens is 1. The summed E-state index contributed by atoms with van der Waals surface area (Å²) in [6.45, 7) is 2.85. The number of hydrogen-bond donors (Lipinski definition) is 1. The Hall–Kier alpha value is -4.15. The van der Waals surface area contributed by atoms with Gasteiger partial charge in [0, 0.05) is 36.9 Å². The molecule has 11 heteroatoms. The van der Waals surface area contributed by atoms with Crippen LogP contribution in [0.15, 0.2) is 36.8 Å². The van der Waals surface area contributed by atoms with Crippen molar-refractivity contribution in [1.29, 1.82) is 0 Å². The second-order valence-corrected chi connectivity index (χ2v) is 9.44. The summed E-state index contributed by atoms with van der Waals surface area (Å²) in [6.07, 6.45) is 6.57. The van der Waals surface area contributed by atoms with Crippen molar-refractivity contribution in [2.75, 3.05) is 13.6 Å². The van der Waals surface area contributed by atoms with Crippen LogP contribution in [0.5, 0.6) is 0 Å². The van der Waals surface area contributed by atoms with Crippen molar-refractivity contribution in [3.63, 3.8) is 0 Å². The van der Waals surface area contributed by atoms with E-state index in [0.717, 1.165) is 24.5 Å². The lowest BCUT2D eigenvalue weighted by molar-refractivity contribution is 0.0665. The number of aromatic nitrogens is 5. The molecule has 2 amide bonds. The van der Waals surface area contributed by atoms with Crippen LogP contribution in [-0.4, -0.2) is 59.9 Å². The molecule has 1 aliphatic heterocycles. The Kier molecular flexibility index (Phi) is 4.92. The summed E-state index contributed by atoms with van der Waals surface area (Å²) >= 11 is 0. The van der Waals surface area contributed by atoms with E-state index in [2.05, 4.69) is 20.1 Å². The standard InChI is InChI=1S/C25H23F2N7O2/c1-14-10-28-24(29-11-14)25(5-6-25)32(2)22(35)16-12-30-34-8-7-33(13-20(16)34)23(36)19-9-15-18(31-19)4-3-17(26)21(15)27/h3-4,9-12,31H,5-8,13H2,1-2H3. The second kappa shape index (κ2) is 7.94. The highest BCUT2D eigenvalue weighted by atomic mass is 19.2. The highest BCUT2D eigenvalue weighted by molar-refractivity contribution is 5.99. The number of hydrogen-bond acceptors (Lipinski definition) is 5. The molecule has 0 spiro atoms. The van der Waals surface area contributed by atoms with Crippen molar-refractivity contribution >= 4 is 22.7 Å². The van der Waals surface area contributed by atoms with Crippen LogP contribution in [0.1, 0.15) is 50.8 Å². The van der Waals surface area contributed by atoms with E-state index in [1.54, 1.807) is 33.9 Å². The molecule has 184 valence electrons. The first-order chi connectivity index (χ1) is 17.3. The molecule has 0 saturated heterocycles. The van der Waals surface area contributed by atoms with Crippen molar-refractivity contribution in [3.8, 4) is 0 Å². The fraction of sp³-hybridized carbons (Fsp3) is 0.320. The van der Waals surface area contributed by atoms with Gasteiger partial charge in [0.05, 0.1) is 30.5 Å². The molecule has 6 rings (SSSR count). The van der Waals surface area contributed by atoms with E-state index in [4.69, 9.17) is 0 Å². The third-order valence-corrected chi connectivity index (χ3v) is 7.18. The maximum atomic E-state index is 14.2. The molecule has 1 saturated carbocycles. The van der Waals surface area contributed by atoms with Gasteiger partial charge >= 0.3 is 0 Å². The molecule has 3 aromatic heterocycles. The smallest absolute Gasteiger partial charge is 0.270 e. The van der Waals surface area contributed by atoms with Gasteiger partial charge in [-0.15, -0.1) is 0 Å². The van der Waals surface area contributed by atoms with Gasteiger partial charge < -0.3 is 14.8 Å². The molecule has 4 aromatic rings. The maximum Gasteiger partial charge on any atom is 0.270 e. The van der Waals surface area contributed by atoms with E-state index in [-0.39, 0.29) is 29.4 Å². The molecule has 0 radical (unpaired) electrons. The molecule has 2 aliphatic rings. The molecule has 1 fully saturated rings. The predicted octanol–water partition coefficient (Wildman–Crippen LogP) is 3.16. The number of nitrogens with zero attached hydrogens (tertiary/aromatic N) is 6. The van der Waals surface area contributed by atoms with Crippen LogP contribution in [0, 0.1) is 18.6 Å². The highest BCUT2D eigenvalue weighted by Gasteiger charge is 2.53. The van der Waals surface area contributed by atoms with Crippen LogP contribution in [0.25, 0.3) is 10.9 Å². The zero-order valence-electron chi connectivity index (χ0n) is 19.8. The van der Waals surface area contributed by atoms with Gasteiger partial charge in [-0.25, -0.2) is 18.7 Å². The monoisotopic (exact) mass is 491 g/mol. The number of benzene rings is 1. The highest BCUT2D eigenvalue weighted by Crippen LogP contribution is 2.49. The molecular formula is C25H23F2N7O2. The number of rotatable bonds is 4. The molecule has 0 bridgehead atoms. The summed E-state index contributed by atoms with van der Waals surface area (Å²) in [5.74, 6) is -1.93. The van der Waals surface area contributed by atoms with E-state index < -0.39 is 17.2 Å². The number of aromatic amines is 1. The number of aryl methyl sites for hydroxylation is 1. The Morgan fingerprint density at radius 2 is 1.86 bits per heavy atom. The summed E-state index contributed by atoms with van der Waals surface area (Å²) < 4.78 is 29.5. The molecule has 1 aromatic carbocycles. The molecule has 4 heterocycles. The largest absolute Gasteiger partial charge is 0.350 e. The predicted molar refractivity (Wildman–Crippen MR) is 125 cm³/mol. The lowest BCUT2D eigenvalue weighted by Crippen LogP contribution is -2.41. The Bertz CT molecular complexity index is 1520. The van der Waals surface area contributed by atoms with Gasteiger partial charge in [0.2, 0.25) is 0 Å². The average Bonchev–Trinajstić information content (AvgIpc) is 3.39. The van der Waals surface area contributed by atoms with Crippen molar-refractivity contribution in [2.45, 2.75) is 38.4 Å². The van der Waals surface area contributed by atoms with Crippen LogP contribution in [0.2, 0.25) is 0 Å². The van der Waals surface area contributed by atoms with Gasteiger partial charge in [-0.3, -0.25) is 14.3 Å². The minimum absolute atomic E-state index is 0.0194. The number of carbonyl (C=O) groups excluding carboxylic acids is 2.